The van der Waals surface area contributed by atoms with Gasteiger partial charge in [0.1, 0.15) is 0 Å². The zero-order valence-corrected chi connectivity index (χ0v) is 11.2. The first-order valence-electron chi connectivity index (χ1n) is 6.17. The Kier molecular flexibility index (Phi) is 5.82. The summed E-state index contributed by atoms with van der Waals surface area (Å²) in [5, 5.41) is 2.64. The van der Waals surface area contributed by atoms with E-state index in [0.29, 0.717) is 11.4 Å². The lowest BCUT2D eigenvalue weighted by atomic mass is 10.2. The molecular weight excluding hydrogens is 271 g/mol. The third kappa shape index (κ3) is 6.98. The number of hydrogen-bond acceptors (Lipinski definition) is 3. The lowest BCUT2D eigenvalue weighted by Gasteiger charge is -2.17. The standard InChI is InChI=1S/C13H18F3N3O/c1-19(8-6-13(14,15)16)7-5-12(20)18-11-4-2-3-10(17)9-11/h2-4,9H,5-8,17H2,1H3,(H,18,20). The number of halogens is 3. The maximum Gasteiger partial charge on any atom is 0.390 e. The van der Waals surface area contributed by atoms with E-state index in [1.807, 2.05) is 0 Å². The zero-order valence-electron chi connectivity index (χ0n) is 11.2. The van der Waals surface area contributed by atoms with Crippen LogP contribution in [0.25, 0.3) is 0 Å². The maximum atomic E-state index is 12.0. The lowest BCUT2D eigenvalue weighted by Crippen LogP contribution is -2.28. The number of nitrogens with one attached hydrogen (secondary N) is 1. The van der Waals surface area contributed by atoms with Crippen LogP contribution in [0, 0.1) is 0 Å². The van der Waals surface area contributed by atoms with Crippen molar-refractivity contribution in [3.8, 4) is 0 Å². The summed E-state index contributed by atoms with van der Waals surface area (Å²) in [5.74, 6) is -0.255. The highest BCUT2D eigenvalue weighted by atomic mass is 19.4. The van der Waals surface area contributed by atoms with Gasteiger partial charge in [0.25, 0.3) is 0 Å². The molecule has 0 unspecified atom stereocenters. The number of carbonyl (C=O) groups is 1. The Labute approximate surface area is 115 Å². The van der Waals surface area contributed by atoms with Crippen molar-refractivity contribution in [1.82, 2.24) is 4.90 Å². The average molecular weight is 289 g/mol. The molecule has 1 rings (SSSR count). The summed E-state index contributed by atoms with van der Waals surface area (Å²) in [4.78, 5) is 13.1. The monoisotopic (exact) mass is 289 g/mol. The molecule has 4 nitrogen and oxygen atoms in total. The topological polar surface area (TPSA) is 58.4 Å². The summed E-state index contributed by atoms with van der Waals surface area (Å²) in [6.45, 7) is 0.152. The van der Waals surface area contributed by atoms with Crippen molar-refractivity contribution in [3.05, 3.63) is 24.3 Å². The molecular formula is C13H18F3N3O. The van der Waals surface area contributed by atoms with E-state index in [4.69, 9.17) is 5.73 Å². The number of rotatable bonds is 6. The van der Waals surface area contributed by atoms with Crippen LogP contribution in [0.3, 0.4) is 0 Å². The molecule has 0 saturated heterocycles. The first-order chi connectivity index (χ1) is 9.26. The molecule has 0 aliphatic heterocycles. The highest BCUT2D eigenvalue weighted by Crippen LogP contribution is 2.19. The molecule has 0 aromatic heterocycles. The Morgan fingerprint density at radius 2 is 2.05 bits per heavy atom. The number of benzene rings is 1. The molecule has 0 bridgehead atoms. The predicted octanol–water partition coefficient (Wildman–Crippen LogP) is 2.48. The summed E-state index contributed by atoms with van der Waals surface area (Å²) in [6, 6.07) is 6.72. The first kappa shape index (κ1) is 16.3. The molecule has 1 aromatic carbocycles. The van der Waals surface area contributed by atoms with E-state index in [-0.39, 0.29) is 25.4 Å². The quantitative estimate of drug-likeness (QED) is 0.791. The van der Waals surface area contributed by atoms with Crippen molar-refractivity contribution in [2.45, 2.75) is 19.0 Å². The molecule has 0 atom stereocenters. The molecule has 0 aliphatic carbocycles. The molecule has 7 heteroatoms. The number of alkyl halides is 3. The van der Waals surface area contributed by atoms with Crippen molar-refractivity contribution in [2.75, 3.05) is 31.2 Å². The Hall–Kier alpha value is -1.76. The van der Waals surface area contributed by atoms with Crippen LogP contribution in [-0.4, -0.2) is 37.1 Å². The summed E-state index contributed by atoms with van der Waals surface area (Å²) in [7, 11) is 1.56. The minimum atomic E-state index is -4.17. The highest BCUT2D eigenvalue weighted by molar-refractivity contribution is 5.91. The molecule has 20 heavy (non-hydrogen) atoms. The van der Waals surface area contributed by atoms with Gasteiger partial charge in [-0.3, -0.25) is 4.79 Å². The highest BCUT2D eigenvalue weighted by Gasteiger charge is 2.27. The Bertz CT molecular complexity index is 449. The molecule has 0 aliphatic rings. The fourth-order valence-corrected chi connectivity index (χ4v) is 1.56. The van der Waals surface area contributed by atoms with Crippen LogP contribution in [-0.2, 0) is 4.79 Å². The van der Waals surface area contributed by atoms with Gasteiger partial charge >= 0.3 is 6.18 Å². The molecule has 0 spiro atoms. The van der Waals surface area contributed by atoms with Gasteiger partial charge in [-0.1, -0.05) is 6.07 Å². The van der Waals surface area contributed by atoms with Crippen LogP contribution in [0.4, 0.5) is 24.5 Å². The Morgan fingerprint density at radius 3 is 2.65 bits per heavy atom. The molecule has 112 valence electrons. The van der Waals surface area contributed by atoms with Crippen LogP contribution >= 0.6 is 0 Å². The van der Waals surface area contributed by atoms with Gasteiger partial charge in [0.15, 0.2) is 0 Å². The van der Waals surface area contributed by atoms with Gasteiger partial charge in [-0.15, -0.1) is 0 Å². The Balaban J connectivity index is 2.29. The summed E-state index contributed by atoms with van der Waals surface area (Å²) in [5.41, 5.74) is 6.68. The van der Waals surface area contributed by atoms with Gasteiger partial charge in [-0.05, 0) is 25.2 Å². The van der Waals surface area contributed by atoms with Crippen LogP contribution in [0.5, 0.6) is 0 Å². The van der Waals surface area contributed by atoms with Gasteiger partial charge in [-0.2, -0.15) is 13.2 Å². The average Bonchev–Trinajstić information content (AvgIpc) is 2.33. The number of anilines is 2. The fourth-order valence-electron chi connectivity index (χ4n) is 1.56. The number of nitrogens with zero attached hydrogens (tertiary/aromatic N) is 1. The van der Waals surface area contributed by atoms with Crippen LogP contribution in [0.15, 0.2) is 24.3 Å². The van der Waals surface area contributed by atoms with E-state index in [1.165, 1.54) is 4.90 Å². The lowest BCUT2D eigenvalue weighted by molar-refractivity contribution is -0.137. The van der Waals surface area contributed by atoms with Gasteiger partial charge in [-0.25, -0.2) is 0 Å². The third-order valence-electron chi connectivity index (χ3n) is 2.67. The second-order valence-electron chi connectivity index (χ2n) is 4.59. The molecule has 0 heterocycles. The molecule has 1 amide bonds. The number of amides is 1. The van der Waals surface area contributed by atoms with Crippen LogP contribution in [0.1, 0.15) is 12.8 Å². The maximum absolute atomic E-state index is 12.0. The Morgan fingerprint density at radius 1 is 1.35 bits per heavy atom. The molecule has 0 fully saturated rings. The predicted molar refractivity (Wildman–Crippen MR) is 72.3 cm³/mol. The van der Waals surface area contributed by atoms with Crippen molar-refractivity contribution in [3.63, 3.8) is 0 Å². The van der Waals surface area contributed by atoms with Gasteiger partial charge in [0.2, 0.25) is 5.91 Å². The van der Waals surface area contributed by atoms with Crippen molar-refractivity contribution < 1.29 is 18.0 Å². The van der Waals surface area contributed by atoms with Gasteiger partial charge in [0.05, 0.1) is 6.42 Å². The number of carbonyl (C=O) groups excluding carboxylic acids is 1. The molecule has 1 aromatic rings. The summed E-state index contributed by atoms with van der Waals surface area (Å²) >= 11 is 0. The van der Waals surface area contributed by atoms with Crippen molar-refractivity contribution in [1.29, 1.82) is 0 Å². The molecule has 3 N–H and O–H groups in total. The van der Waals surface area contributed by atoms with E-state index in [1.54, 1.807) is 31.3 Å². The van der Waals surface area contributed by atoms with Crippen LogP contribution < -0.4 is 11.1 Å². The molecule has 0 radical (unpaired) electrons. The van der Waals surface area contributed by atoms with E-state index in [2.05, 4.69) is 5.32 Å². The van der Waals surface area contributed by atoms with Gasteiger partial charge < -0.3 is 16.0 Å². The second kappa shape index (κ2) is 7.14. The fraction of sp³-hybridized carbons (Fsp3) is 0.462. The van der Waals surface area contributed by atoms with E-state index < -0.39 is 12.6 Å². The smallest absolute Gasteiger partial charge is 0.390 e. The van der Waals surface area contributed by atoms with Crippen molar-refractivity contribution in [2.24, 2.45) is 0 Å². The largest absolute Gasteiger partial charge is 0.399 e. The minimum absolute atomic E-state index is 0.116. The molecule has 0 saturated carbocycles. The summed E-state index contributed by atoms with van der Waals surface area (Å²) in [6.07, 6.45) is -4.92. The normalized spacial score (nSPS) is 11.7. The third-order valence-corrected chi connectivity index (χ3v) is 2.67. The van der Waals surface area contributed by atoms with Crippen LogP contribution in [0.2, 0.25) is 0 Å². The number of hydrogen-bond donors (Lipinski definition) is 2. The van der Waals surface area contributed by atoms with E-state index in [9.17, 15) is 18.0 Å². The van der Waals surface area contributed by atoms with E-state index >= 15 is 0 Å². The summed E-state index contributed by atoms with van der Waals surface area (Å²) < 4.78 is 36.1. The zero-order chi connectivity index (χ0) is 15.2. The van der Waals surface area contributed by atoms with Gasteiger partial charge in [0, 0.05) is 30.9 Å². The van der Waals surface area contributed by atoms with Crippen molar-refractivity contribution >= 4 is 17.3 Å². The first-order valence-corrected chi connectivity index (χ1v) is 6.17. The number of nitrogens with two attached hydrogens (primary N) is 1. The number of nitrogen functional groups attached to an aromatic ring is 1. The second-order valence-corrected chi connectivity index (χ2v) is 4.59. The minimum Gasteiger partial charge on any atom is -0.399 e. The SMILES string of the molecule is CN(CCC(=O)Nc1cccc(N)c1)CCC(F)(F)F. The van der Waals surface area contributed by atoms with E-state index in [0.717, 1.165) is 0 Å².